The van der Waals surface area contributed by atoms with Crippen molar-refractivity contribution in [2.24, 2.45) is 0 Å². The number of amides is 2. The van der Waals surface area contributed by atoms with Crippen LogP contribution in [0.2, 0.25) is 5.02 Å². The number of rotatable bonds is 7. The fraction of sp³-hybridized carbons (Fsp3) is 0.130. The van der Waals surface area contributed by atoms with E-state index in [1.807, 2.05) is 66.8 Å². The van der Waals surface area contributed by atoms with Crippen LogP contribution >= 0.6 is 11.6 Å². The number of nitrogens with two attached hydrogens (primary N) is 1. The van der Waals surface area contributed by atoms with Crippen molar-refractivity contribution in [1.29, 1.82) is 0 Å². The largest absolute Gasteiger partial charge is 0.333 e. The number of carbonyl (C=O) groups excluding carboxylic acids is 2. The van der Waals surface area contributed by atoms with Crippen LogP contribution < -0.4 is 16.0 Å². The Balaban J connectivity index is 1.60. The monoisotopic (exact) mass is 408 g/mol. The Morgan fingerprint density at radius 2 is 1.55 bits per heavy atom. The summed E-state index contributed by atoms with van der Waals surface area (Å²) in [7, 11) is 0. The van der Waals surface area contributed by atoms with Gasteiger partial charge in [0.15, 0.2) is 6.54 Å². The molecule has 0 radical (unpaired) electrons. The molecule has 6 heteroatoms. The Labute approximate surface area is 175 Å². The average Bonchev–Trinajstić information content (AvgIpc) is 2.73. The minimum atomic E-state index is -0.273. The van der Waals surface area contributed by atoms with Crippen molar-refractivity contribution in [3.63, 3.8) is 0 Å². The zero-order valence-electron chi connectivity index (χ0n) is 16.1. The lowest BCUT2D eigenvalue weighted by Crippen LogP contribution is -2.86. The molecule has 0 spiro atoms. The van der Waals surface area contributed by atoms with Gasteiger partial charge in [0.05, 0.1) is 11.3 Å². The van der Waals surface area contributed by atoms with Crippen LogP contribution in [0.25, 0.3) is 0 Å². The normalized spacial score (nSPS) is 11.5. The molecular formula is C23H23ClN3O2+. The van der Waals surface area contributed by atoms with E-state index in [9.17, 15) is 9.59 Å². The van der Waals surface area contributed by atoms with Gasteiger partial charge in [0.1, 0.15) is 6.04 Å². The van der Waals surface area contributed by atoms with Gasteiger partial charge in [0.25, 0.3) is 11.8 Å². The van der Waals surface area contributed by atoms with Gasteiger partial charge in [-0.2, -0.15) is 0 Å². The van der Waals surface area contributed by atoms with Gasteiger partial charge in [0, 0.05) is 16.3 Å². The van der Waals surface area contributed by atoms with Crippen LogP contribution in [0.1, 0.15) is 28.9 Å². The summed E-state index contributed by atoms with van der Waals surface area (Å²) in [6.07, 6.45) is 0. The van der Waals surface area contributed by atoms with Crippen molar-refractivity contribution < 1.29 is 14.9 Å². The van der Waals surface area contributed by atoms with E-state index in [2.05, 4.69) is 10.6 Å². The standard InChI is InChI=1S/C23H22ClN3O2/c1-16(17-11-13-18(24)14-12-17)25-15-22(28)27-21-10-6-5-9-20(21)23(29)26-19-7-3-2-4-8-19/h2-14,16,25H,15H2,1H3,(H,26,29)(H,27,28)/p+1/t16-/m0/s1. The third-order valence-corrected chi connectivity index (χ3v) is 4.78. The molecule has 0 bridgehead atoms. The molecule has 4 N–H and O–H groups in total. The van der Waals surface area contributed by atoms with Crippen molar-refractivity contribution in [3.8, 4) is 0 Å². The van der Waals surface area contributed by atoms with E-state index < -0.39 is 0 Å². The molecule has 5 nitrogen and oxygen atoms in total. The first-order valence-corrected chi connectivity index (χ1v) is 9.75. The summed E-state index contributed by atoms with van der Waals surface area (Å²) in [6, 6.07) is 23.8. The molecule has 0 heterocycles. The Bertz CT molecular complexity index is 975. The van der Waals surface area contributed by atoms with E-state index in [-0.39, 0.29) is 24.4 Å². The summed E-state index contributed by atoms with van der Waals surface area (Å²) in [4.78, 5) is 25.1. The molecule has 0 aliphatic heterocycles. The number of anilines is 2. The molecule has 0 saturated heterocycles. The third-order valence-electron chi connectivity index (χ3n) is 4.53. The maximum atomic E-state index is 12.6. The number of para-hydroxylation sites is 2. The molecule has 1 atom stereocenters. The highest BCUT2D eigenvalue weighted by atomic mass is 35.5. The van der Waals surface area contributed by atoms with Crippen LogP contribution in [0.15, 0.2) is 78.9 Å². The first kappa shape index (κ1) is 20.6. The minimum Gasteiger partial charge on any atom is -0.333 e. The van der Waals surface area contributed by atoms with Crippen molar-refractivity contribution in [1.82, 2.24) is 0 Å². The topological polar surface area (TPSA) is 74.8 Å². The summed E-state index contributed by atoms with van der Waals surface area (Å²) in [5.74, 6) is -0.448. The number of nitrogens with one attached hydrogen (secondary N) is 2. The van der Waals surface area contributed by atoms with Crippen molar-refractivity contribution in [2.45, 2.75) is 13.0 Å². The first-order chi connectivity index (χ1) is 14.0. The van der Waals surface area contributed by atoms with Crippen LogP contribution in [0.3, 0.4) is 0 Å². The van der Waals surface area contributed by atoms with E-state index in [0.29, 0.717) is 22.0 Å². The fourth-order valence-electron chi connectivity index (χ4n) is 2.90. The van der Waals surface area contributed by atoms with Crippen molar-refractivity contribution >= 4 is 34.8 Å². The van der Waals surface area contributed by atoms with E-state index in [4.69, 9.17) is 11.6 Å². The lowest BCUT2D eigenvalue weighted by atomic mass is 10.1. The van der Waals surface area contributed by atoms with Gasteiger partial charge in [-0.05, 0) is 43.3 Å². The number of halogens is 1. The van der Waals surface area contributed by atoms with Crippen LogP contribution in [0.5, 0.6) is 0 Å². The van der Waals surface area contributed by atoms with Gasteiger partial charge >= 0.3 is 0 Å². The SMILES string of the molecule is C[C@H]([NH2+]CC(=O)Nc1ccccc1C(=O)Nc1ccccc1)c1ccc(Cl)cc1. The van der Waals surface area contributed by atoms with E-state index in [0.717, 1.165) is 5.56 Å². The van der Waals surface area contributed by atoms with Gasteiger partial charge in [-0.1, -0.05) is 54.1 Å². The number of hydrogen-bond donors (Lipinski definition) is 3. The summed E-state index contributed by atoms with van der Waals surface area (Å²) in [5.41, 5.74) is 2.68. The van der Waals surface area contributed by atoms with E-state index in [1.165, 1.54) is 0 Å². The summed E-state index contributed by atoms with van der Waals surface area (Å²) < 4.78 is 0. The van der Waals surface area contributed by atoms with Gasteiger partial charge in [-0.3, -0.25) is 9.59 Å². The molecule has 0 aliphatic rings. The molecule has 0 unspecified atom stereocenters. The quantitative estimate of drug-likeness (QED) is 0.555. The highest BCUT2D eigenvalue weighted by Gasteiger charge is 2.16. The molecule has 0 saturated carbocycles. The van der Waals surface area contributed by atoms with Crippen LogP contribution in [-0.2, 0) is 4.79 Å². The first-order valence-electron chi connectivity index (χ1n) is 9.37. The predicted octanol–water partition coefficient (Wildman–Crippen LogP) is 3.86. The zero-order chi connectivity index (χ0) is 20.6. The fourth-order valence-corrected chi connectivity index (χ4v) is 3.02. The Morgan fingerprint density at radius 3 is 2.28 bits per heavy atom. The summed E-state index contributed by atoms with van der Waals surface area (Å²) in [5, 5.41) is 8.30. The van der Waals surface area contributed by atoms with Crippen molar-refractivity contribution in [3.05, 3.63) is 95.0 Å². The Morgan fingerprint density at radius 1 is 0.897 bits per heavy atom. The number of benzene rings is 3. The van der Waals surface area contributed by atoms with Crippen molar-refractivity contribution in [2.75, 3.05) is 17.2 Å². The molecule has 0 aromatic heterocycles. The molecule has 29 heavy (non-hydrogen) atoms. The molecule has 0 aliphatic carbocycles. The van der Waals surface area contributed by atoms with Gasteiger partial charge < -0.3 is 16.0 Å². The molecule has 148 valence electrons. The molecule has 2 amide bonds. The maximum Gasteiger partial charge on any atom is 0.279 e. The van der Waals surface area contributed by atoms with Gasteiger partial charge in [0.2, 0.25) is 0 Å². The minimum absolute atomic E-state index is 0.106. The van der Waals surface area contributed by atoms with Crippen LogP contribution in [0.4, 0.5) is 11.4 Å². The second-order valence-electron chi connectivity index (χ2n) is 6.69. The second kappa shape index (κ2) is 9.87. The highest BCUT2D eigenvalue weighted by molar-refractivity contribution is 6.30. The lowest BCUT2D eigenvalue weighted by Gasteiger charge is -2.13. The highest BCUT2D eigenvalue weighted by Crippen LogP contribution is 2.17. The number of hydrogen-bond acceptors (Lipinski definition) is 2. The third kappa shape index (κ3) is 5.91. The lowest BCUT2D eigenvalue weighted by molar-refractivity contribution is -0.682. The van der Waals surface area contributed by atoms with Gasteiger partial charge in [-0.15, -0.1) is 0 Å². The smallest absolute Gasteiger partial charge is 0.279 e. The maximum absolute atomic E-state index is 12.6. The van der Waals surface area contributed by atoms with Gasteiger partial charge in [-0.25, -0.2) is 0 Å². The summed E-state index contributed by atoms with van der Waals surface area (Å²) >= 11 is 5.92. The average molecular weight is 409 g/mol. The Kier molecular flexibility index (Phi) is 7.00. The van der Waals surface area contributed by atoms with Crippen LogP contribution in [0, 0.1) is 0 Å². The van der Waals surface area contributed by atoms with E-state index >= 15 is 0 Å². The van der Waals surface area contributed by atoms with Crippen LogP contribution in [-0.4, -0.2) is 18.4 Å². The zero-order valence-corrected chi connectivity index (χ0v) is 16.8. The molecule has 0 fully saturated rings. The number of quaternary nitrogens is 1. The molecule has 3 rings (SSSR count). The number of carbonyl (C=O) groups is 2. The summed E-state index contributed by atoms with van der Waals surface area (Å²) in [6.45, 7) is 2.26. The predicted molar refractivity (Wildman–Crippen MR) is 116 cm³/mol. The van der Waals surface area contributed by atoms with E-state index in [1.54, 1.807) is 24.3 Å². The Hall–Kier alpha value is -3.15. The molecular weight excluding hydrogens is 386 g/mol. The molecule has 3 aromatic carbocycles. The molecule has 3 aromatic rings. The second-order valence-corrected chi connectivity index (χ2v) is 7.13.